The Balaban J connectivity index is 1.46. The van der Waals surface area contributed by atoms with E-state index in [1.165, 1.54) is 0 Å². The van der Waals surface area contributed by atoms with Crippen LogP contribution in [0.3, 0.4) is 0 Å². The van der Waals surface area contributed by atoms with Crippen molar-refractivity contribution >= 4 is 16.9 Å². The van der Waals surface area contributed by atoms with Crippen molar-refractivity contribution in [3.8, 4) is 0 Å². The standard InChI is InChI=1S/C15H20N8O/c1-10-19-13(21-24-10)8-23-5-3-4-11(7-23)20-14-12-6-18-22(2)15(12)17-9-16-14/h6,9,11H,3-5,7-8H2,1-2H3,(H,16,17,20)/t11-/m0/s1. The maximum absolute atomic E-state index is 5.05. The van der Waals surface area contributed by atoms with Gasteiger partial charge in [-0.3, -0.25) is 9.58 Å². The molecule has 0 bridgehead atoms. The Labute approximate surface area is 139 Å². The SMILES string of the molecule is Cc1nc(CN2CCC[C@H](Nc3ncnc4c3cnn4C)C2)no1. The Hall–Kier alpha value is -2.55. The molecule has 0 aliphatic carbocycles. The van der Waals surface area contributed by atoms with Crippen LogP contribution in [0.25, 0.3) is 11.0 Å². The van der Waals surface area contributed by atoms with Gasteiger partial charge in [0.15, 0.2) is 11.5 Å². The van der Waals surface area contributed by atoms with Gasteiger partial charge in [-0.15, -0.1) is 0 Å². The third-order valence-electron chi connectivity index (χ3n) is 4.31. The number of nitrogens with one attached hydrogen (secondary N) is 1. The predicted octanol–water partition coefficient (Wildman–Crippen LogP) is 1.13. The highest BCUT2D eigenvalue weighted by atomic mass is 16.5. The molecule has 0 radical (unpaired) electrons. The first-order valence-corrected chi connectivity index (χ1v) is 8.10. The Morgan fingerprint density at radius 3 is 3.12 bits per heavy atom. The molecule has 4 rings (SSSR count). The van der Waals surface area contributed by atoms with Gasteiger partial charge < -0.3 is 9.84 Å². The second kappa shape index (κ2) is 6.16. The molecule has 1 N–H and O–H groups in total. The molecule has 0 saturated carbocycles. The second-order valence-corrected chi connectivity index (χ2v) is 6.18. The number of aromatic nitrogens is 6. The van der Waals surface area contributed by atoms with E-state index in [4.69, 9.17) is 4.52 Å². The van der Waals surface area contributed by atoms with Crippen LogP contribution in [0.4, 0.5) is 5.82 Å². The van der Waals surface area contributed by atoms with Crippen LogP contribution in [-0.2, 0) is 13.6 Å². The zero-order valence-electron chi connectivity index (χ0n) is 13.8. The van der Waals surface area contributed by atoms with Crippen LogP contribution < -0.4 is 5.32 Å². The van der Waals surface area contributed by atoms with Gasteiger partial charge in [-0.25, -0.2) is 9.97 Å². The molecule has 0 unspecified atom stereocenters. The summed E-state index contributed by atoms with van der Waals surface area (Å²) in [5.74, 6) is 2.19. The minimum Gasteiger partial charge on any atom is -0.365 e. The van der Waals surface area contributed by atoms with Crippen LogP contribution in [0.5, 0.6) is 0 Å². The molecular weight excluding hydrogens is 308 g/mol. The van der Waals surface area contributed by atoms with E-state index in [0.717, 1.165) is 48.6 Å². The van der Waals surface area contributed by atoms with Crippen molar-refractivity contribution < 1.29 is 4.52 Å². The van der Waals surface area contributed by atoms with Crippen molar-refractivity contribution in [1.82, 2.24) is 34.8 Å². The third-order valence-corrected chi connectivity index (χ3v) is 4.31. The number of nitrogens with zero attached hydrogens (tertiary/aromatic N) is 7. The summed E-state index contributed by atoms with van der Waals surface area (Å²) < 4.78 is 6.81. The molecule has 1 saturated heterocycles. The highest BCUT2D eigenvalue weighted by Crippen LogP contribution is 2.21. The topological polar surface area (TPSA) is 97.8 Å². The van der Waals surface area contributed by atoms with Gasteiger partial charge in [0.05, 0.1) is 18.1 Å². The van der Waals surface area contributed by atoms with Crippen molar-refractivity contribution in [1.29, 1.82) is 0 Å². The van der Waals surface area contributed by atoms with Gasteiger partial charge in [0, 0.05) is 26.6 Å². The molecular formula is C15H20N8O. The van der Waals surface area contributed by atoms with E-state index in [0.29, 0.717) is 18.5 Å². The van der Waals surface area contributed by atoms with E-state index >= 15 is 0 Å². The first kappa shape index (κ1) is 15.0. The lowest BCUT2D eigenvalue weighted by atomic mass is 10.1. The quantitative estimate of drug-likeness (QED) is 0.761. The molecule has 3 aromatic heterocycles. The normalized spacial score (nSPS) is 19.0. The van der Waals surface area contributed by atoms with Gasteiger partial charge in [-0.1, -0.05) is 5.16 Å². The van der Waals surface area contributed by atoms with Crippen LogP contribution in [0.1, 0.15) is 24.6 Å². The fourth-order valence-electron chi connectivity index (χ4n) is 3.19. The minimum absolute atomic E-state index is 0.324. The van der Waals surface area contributed by atoms with E-state index in [-0.39, 0.29) is 0 Å². The fourth-order valence-corrected chi connectivity index (χ4v) is 3.19. The smallest absolute Gasteiger partial charge is 0.223 e. The lowest BCUT2D eigenvalue weighted by Crippen LogP contribution is -2.42. The summed E-state index contributed by atoms with van der Waals surface area (Å²) in [4.78, 5) is 15.3. The summed E-state index contributed by atoms with van der Waals surface area (Å²) >= 11 is 0. The number of likely N-dealkylation sites (tertiary alicyclic amines) is 1. The highest BCUT2D eigenvalue weighted by molar-refractivity contribution is 5.86. The van der Waals surface area contributed by atoms with Crippen molar-refractivity contribution in [3.05, 3.63) is 24.2 Å². The molecule has 24 heavy (non-hydrogen) atoms. The lowest BCUT2D eigenvalue weighted by Gasteiger charge is -2.32. The van der Waals surface area contributed by atoms with Crippen LogP contribution in [-0.4, -0.2) is 53.9 Å². The molecule has 126 valence electrons. The zero-order valence-corrected chi connectivity index (χ0v) is 13.8. The molecule has 0 amide bonds. The predicted molar refractivity (Wildman–Crippen MR) is 87.3 cm³/mol. The molecule has 1 atom stereocenters. The van der Waals surface area contributed by atoms with Gasteiger partial charge >= 0.3 is 0 Å². The van der Waals surface area contributed by atoms with Crippen LogP contribution in [0.15, 0.2) is 17.0 Å². The number of fused-ring (bicyclic) bond motifs is 1. The van der Waals surface area contributed by atoms with Gasteiger partial charge in [0.1, 0.15) is 12.1 Å². The second-order valence-electron chi connectivity index (χ2n) is 6.18. The van der Waals surface area contributed by atoms with E-state index in [2.05, 4.69) is 35.4 Å². The van der Waals surface area contributed by atoms with Crippen LogP contribution >= 0.6 is 0 Å². The Morgan fingerprint density at radius 1 is 1.38 bits per heavy atom. The molecule has 9 heteroatoms. The van der Waals surface area contributed by atoms with Crippen molar-refractivity contribution in [2.24, 2.45) is 7.05 Å². The average Bonchev–Trinajstić information content (AvgIpc) is 3.15. The molecule has 1 aliphatic heterocycles. The summed E-state index contributed by atoms with van der Waals surface area (Å²) in [6, 6.07) is 0.324. The Morgan fingerprint density at radius 2 is 2.29 bits per heavy atom. The van der Waals surface area contributed by atoms with E-state index in [1.807, 2.05) is 14.0 Å². The number of aryl methyl sites for hydroxylation is 2. The van der Waals surface area contributed by atoms with Crippen molar-refractivity contribution in [2.75, 3.05) is 18.4 Å². The first-order chi connectivity index (χ1) is 11.7. The van der Waals surface area contributed by atoms with Gasteiger partial charge in [0.2, 0.25) is 5.89 Å². The highest BCUT2D eigenvalue weighted by Gasteiger charge is 2.22. The monoisotopic (exact) mass is 328 g/mol. The van der Waals surface area contributed by atoms with Gasteiger partial charge in [-0.05, 0) is 19.4 Å². The molecule has 1 aliphatic rings. The van der Waals surface area contributed by atoms with E-state index in [9.17, 15) is 0 Å². The van der Waals surface area contributed by atoms with Crippen LogP contribution in [0.2, 0.25) is 0 Å². The van der Waals surface area contributed by atoms with E-state index < -0.39 is 0 Å². The summed E-state index contributed by atoms with van der Waals surface area (Å²) in [5, 5.41) is 12.7. The number of hydrogen-bond donors (Lipinski definition) is 1. The molecule has 9 nitrogen and oxygen atoms in total. The van der Waals surface area contributed by atoms with Gasteiger partial charge in [0.25, 0.3) is 0 Å². The van der Waals surface area contributed by atoms with E-state index in [1.54, 1.807) is 17.2 Å². The molecule has 4 heterocycles. The summed E-state index contributed by atoms with van der Waals surface area (Å²) in [5.41, 5.74) is 0.836. The lowest BCUT2D eigenvalue weighted by molar-refractivity contribution is 0.201. The maximum Gasteiger partial charge on any atom is 0.223 e. The maximum atomic E-state index is 5.05. The minimum atomic E-state index is 0.324. The Kier molecular flexibility index (Phi) is 3.85. The number of hydrogen-bond acceptors (Lipinski definition) is 8. The average molecular weight is 328 g/mol. The number of rotatable bonds is 4. The summed E-state index contributed by atoms with van der Waals surface area (Å²) in [6.07, 6.45) is 5.61. The zero-order chi connectivity index (χ0) is 16.5. The fraction of sp³-hybridized carbons (Fsp3) is 0.533. The van der Waals surface area contributed by atoms with Crippen molar-refractivity contribution in [3.63, 3.8) is 0 Å². The largest absolute Gasteiger partial charge is 0.365 e. The first-order valence-electron chi connectivity index (χ1n) is 8.10. The number of anilines is 1. The van der Waals surface area contributed by atoms with Crippen molar-refractivity contribution in [2.45, 2.75) is 32.4 Å². The summed E-state index contributed by atoms with van der Waals surface area (Å²) in [7, 11) is 1.88. The molecule has 0 aromatic carbocycles. The number of piperidine rings is 1. The van der Waals surface area contributed by atoms with Crippen LogP contribution in [0, 0.1) is 6.92 Å². The molecule has 0 spiro atoms. The summed E-state index contributed by atoms with van der Waals surface area (Å²) in [6.45, 7) is 4.48. The Bertz CT molecular complexity index is 841. The third kappa shape index (κ3) is 2.94. The van der Waals surface area contributed by atoms with Gasteiger partial charge in [-0.2, -0.15) is 10.1 Å². The molecule has 1 fully saturated rings. The molecule has 3 aromatic rings.